The molecule has 0 aromatic heterocycles. The summed E-state index contributed by atoms with van der Waals surface area (Å²) < 4.78 is 26.5. The summed E-state index contributed by atoms with van der Waals surface area (Å²) in [6.07, 6.45) is 16.8. The number of aldehydes is 1. The van der Waals surface area contributed by atoms with Gasteiger partial charge in [-0.15, -0.1) is 0 Å². The maximum absolute atomic E-state index is 10.2. The highest BCUT2D eigenvalue weighted by molar-refractivity contribution is 5.53. The quantitative estimate of drug-likeness (QED) is 0.0629. The Kier molecular flexibility index (Phi) is 45.2. The van der Waals surface area contributed by atoms with Gasteiger partial charge in [-0.2, -0.15) is 0 Å². The minimum Gasteiger partial charge on any atom is -0.499 e. The van der Waals surface area contributed by atoms with E-state index in [9.17, 15) is 4.79 Å². The number of aliphatic hydroxyl groups excluding tert-OH is 1. The van der Waals surface area contributed by atoms with Crippen LogP contribution in [0.4, 0.5) is 0 Å². The lowest BCUT2D eigenvalue weighted by Crippen LogP contribution is -2.08. The molecule has 0 heterocycles. The summed E-state index contributed by atoms with van der Waals surface area (Å²) in [4.78, 5) is 10.2. The summed E-state index contributed by atoms with van der Waals surface area (Å²) >= 11 is 0. The van der Waals surface area contributed by atoms with E-state index in [1.807, 2.05) is 6.26 Å². The average molecular weight is 563 g/mol. The molecule has 0 aromatic carbocycles. The Morgan fingerprint density at radius 1 is 0.641 bits per heavy atom. The van der Waals surface area contributed by atoms with Crippen LogP contribution in [0.1, 0.15) is 119 Å². The summed E-state index contributed by atoms with van der Waals surface area (Å²) in [6.45, 7) is 18.9. The van der Waals surface area contributed by atoms with E-state index in [4.69, 9.17) is 28.8 Å². The zero-order valence-corrected chi connectivity index (χ0v) is 26.7. The second kappa shape index (κ2) is 41.5. The van der Waals surface area contributed by atoms with Gasteiger partial charge in [-0.05, 0) is 50.5 Å². The van der Waals surface area contributed by atoms with Crippen molar-refractivity contribution >= 4 is 6.29 Å². The summed E-state index contributed by atoms with van der Waals surface area (Å²) in [7, 11) is 0. The maximum atomic E-state index is 10.2. The van der Waals surface area contributed by atoms with Crippen molar-refractivity contribution in [3.05, 3.63) is 11.8 Å². The molecule has 0 spiro atoms. The van der Waals surface area contributed by atoms with Crippen LogP contribution in [0.25, 0.3) is 0 Å². The molecule has 1 unspecified atom stereocenters. The van der Waals surface area contributed by atoms with Crippen molar-refractivity contribution in [2.45, 2.75) is 119 Å². The number of unbranched alkanes of at least 4 members (excludes halogenated alkanes) is 4. The summed E-state index contributed by atoms with van der Waals surface area (Å²) in [5.74, 6) is 0.324. The van der Waals surface area contributed by atoms with Gasteiger partial charge < -0.3 is 33.6 Å². The minimum absolute atomic E-state index is 0.0922. The third kappa shape index (κ3) is 41.6. The number of hydrogen-bond donors (Lipinski definition) is 1. The molecule has 0 amide bonds. The van der Waals surface area contributed by atoms with Crippen molar-refractivity contribution in [3.8, 4) is 0 Å². The molecular formula is C32H66O7. The zero-order valence-electron chi connectivity index (χ0n) is 26.7. The molecule has 1 atom stereocenters. The summed E-state index contributed by atoms with van der Waals surface area (Å²) in [5.41, 5.74) is 1.39. The third-order valence-electron chi connectivity index (χ3n) is 5.81. The SMILES string of the molecule is CCCCC(C=O)CC.CCCCOCCOCCO.CCCCOCCOCCOC=C(CC)CCCC. The van der Waals surface area contributed by atoms with Crippen LogP contribution in [-0.2, 0) is 28.5 Å². The highest BCUT2D eigenvalue weighted by Gasteiger charge is 2.01. The predicted molar refractivity (Wildman–Crippen MR) is 163 cm³/mol. The molecule has 0 aliphatic rings. The lowest BCUT2D eigenvalue weighted by Gasteiger charge is -2.07. The van der Waals surface area contributed by atoms with Gasteiger partial charge in [-0.3, -0.25) is 0 Å². The van der Waals surface area contributed by atoms with Gasteiger partial charge in [0.15, 0.2) is 0 Å². The Labute approximate surface area is 242 Å². The van der Waals surface area contributed by atoms with E-state index in [1.54, 1.807) is 0 Å². The lowest BCUT2D eigenvalue weighted by atomic mass is 10.0. The second-order valence-corrected chi connectivity index (χ2v) is 9.43. The van der Waals surface area contributed by atoms with Crippen LogP contribution in [0.2, 0.25) is 0 Å². The van der Waals surface area contributed by atoms with Crippen molar-refractivity contribution < 1.29 is 33.6 Å². The number of allylic oxidation sites excluding steroid dienone is 1. The van der Waals surface area contributed by atoms with Crippen LogP contribution in [-0.4, -0.2) is 77.5 Å². The van der Waals surface area contributed by atoms with Crippen LogP contribution in [0.3, 0.4) is 0 Å². The van der Waals surface area contributed by atoms with Gasteiger partial charge in [-0.1, -0.05) is 73.6 Å². The fourth-order valence-electron chi connectivity index (χ4n) is 3.04. The standard InChI is InChI=1S/C16H32O3.C8H18O3.C8H16O/c1-4-7-9-16(6-3)15-19-14-13-18-12-11-17-10-8-5-2;1-2-3-5-10-7-8-11-6-4-9;1-3-5-6-8(4-2)7-9/h15H,4-14H2,1-3H3;9H,2-8H2,1H3;7-8H,3-6H2,1-2H3. The Morgan fingerprint density at radius 2 is 1.13 bits per heavy atom. The number of rotatable bonds is 27. The van der Waals surface area contributed by atoms with Crippen molar-refractivity contribution in [1.29, 1.82) is 0 Å². The number of aliphatic hydroxyl groups is 1. The fourth-order valence-corrected chi connectivity index (χ4v) is 3.04. The molecule has 236 valence electrons. The first-order valence-electron chi connectivity index (χ1n) is 15.8. The molecule has 0 radical (unpaired) electrons. The Hall–Kier alpha value is -0.990. The number of hydrogen-bond acceptors (Lipinski definition) is 7. The van der Waals surface area contributed by atoms with E-state index in [-0.39, 0.29) is 6.61 Å². The predicted octanol–water partition coefficient (Wildman–Crippen LogP) is 7.53. The van der Waals surface area contributed by atoms with Crippen molar-refractivity contribution in [1.82, 2.24) is 0 Å². The van der Waals surface area contributed by atoms with Gasteiger partial charge >= 0.3 is 0 Å². The Morgan fingerprint density at radius 3 is 1.56 bits per heavy atom. The monoisotopic (exact) mass is 562 g/mol. The molecule has 7 heteroatoms. The van der Waals surface area contributed by atoms with Crippen LogP contribution in [0, 0.1) is 5.92 Å². The lowest BCUT2D eigenvalue weighted by molar-refractivity contribution is -0.111. The van der Waals surface area contributed by atoms with Crippen LogP contribution in [0.5, 0.6) is 0 Å². The Bertz CT molecular complexity index is 450. The fraction of sp³-hybridized carbons (Fsp3) is 0.906. The van der Waals surface area contributed by atoms with Crippen molar-refractivity contribution in [2.75, 3.05) is 66.1 Å². The van der Waals surface area contributed by atoms with E-state index in [2.05, 4.69) is 41.5 Å². The largest absolute Gasteiger partial charge is 0.499 e. The molecule has 0 bridgehead atoms. The molecule has 7 nitrogen and oxygen atoms in total. The number of carbonyl (C=O) groups excluding carboxylic acids is 1. The molecule has 0 aliphatic carbocycles. The van der Waals surface area contributed by atoms with Gasteiger partial charge in [0.25, 0.3) is 0 Å². The topological polar surface area (TPSA) is 83.5 Å². The second-order valence-electron chi connectivity index (χ2n) is 9.43. The first kappa shape index (κ1) is 42.5. The van der Waals surface area contributed by atoms with E-state index in [0.29, 0.717) is 52.2 Å². The molecule has 1 N–H and O–H groups in total. The highest BCUT2D eigenvalue weighted by Crippen LogP contribution is 2.11. The average Bonchev–Trinajstić information content (AvgIpc) is 2.96. The van der Waals surface area contributed by atoms with Crippen molar-refractivity contribution in [3.63, 3.8) is 0 Å². The van der Waals surface area contributed by atoms with Crippen molar-refractivity contribution in [2.24, 2.45) is 5.92 Å². The van der Waals surface area contributed by atoms with E-state index >= 15 is 0 Å². The molecule has 0 saturated carbocycles. The Balaban J connectivity index is -0.000000549. The molecular weight excluding hydrogens is 496 g/mol. The number of ether oxygens (including phenoxy) is 5. The first-order chi connectivity index (χ1) is 19.1. The zero-order chi connectivity index (χ0) is 29.7. The van der Waals surface area contributed by atoms with Gasteiger partial charge in [0, 0.05) is 19.1 Å². The van der Waals surface area contributed by atoms with E-state index < -0.39 is 0 Å². The molecule has 0 aromatic rings. The van der Waals surface area contributed by atoms with Gasteiger partial charge in [-0.25, -0.2) is 0 Å². The molecule has 0 fully saturated rings. The molecule has 0 aliphatic heterocycles. The highest BCUT2D eigenvalue weighted by atomic mass is 16.5. The minimum atomic E-state index is 0.0922. The number of carbonyl (C=O) groups is 1. The summed E-state index contributed by atoms with van der Waals surface area (Å²) in [6, 6.07) is 0. The molecule has 39 heavy (non-hydrogen) atoms. The molecule has 0 saturated heterocycles. The van der Waals surface area contributed by atoms with Crippen LogP contribution >= 0.6 is 0 Å². The third-order valence-corrected chi connectivity index (χ3v) is 5.81. The first-order valence-corrected chi connectivity index (χ1v) is 15.8. The maximum Gasteiger partial charge on any atom is 0.123 e. The van der Waals surface area contributed by atoms with Crippen LogP contribution < -0.4 is 0 Å². The van der Waals surface area contributed by atoms with E-state index in [1.165, 1.54) is 37.7 Å². The van der Waals surface area contributed by atoms with E-state index in [0.717, 1.165) is 64.4 Å². The van der Waals surface area contributed by atoms with Gasteiger partial charge in [0.2, 0.25) is 0 Å². The van der Waals surface area contributed by atoms with Crippen LogP contribution in [0.15, 0.2) is 11.8 Å². The molecule has 0 rings (SSSR count). The van der Waals surface area contributed by atoms with Gasteiger partial charge in [0.05, 0.1) is 52.5 Å². The smallest absolute Gasteiger partial charge is 0.123 e. The summed E-state index contributed by atoms with van der Waals surface area (Å²) in [5, 5.41) is 8.34. The van der Waals surface area contributed by atoms with Gasteiger partial charge in [0.1, 0.15) is 12.9 Å². The normalized spacial score (nSPS) is 11.7.